The van der Waals surface area contributed by atoms with Crippen LogP contribution >= 0.6 is 11.6 Å². The van der Waals surface area contributed by atoms with Crippen molar-refractivity contribution in [1.82, 2.24) is 15.1 Å². The molecule has 2 aromatic rings. The summed E-state index contributed by atoms with van der Waals surface area (Å²) in [5.74, 6) is 1.44. The minimum Gasteiger partial charge on any atom is -0.452 e. The van der Waals surface area contributed by atoms with Crippen LogP contribution in [0.4, 0.5) is 0 Å². The Balaban J connectivity index is 2.14. The standard InChI is InChI=1S/C16H22ClN3O/c1-5-8-18-10-13-6-7-15(14(17)9-13)21-16-11(2)19-20(4)12(16)3/h6-7,9,18H,5,8,10H2,1-4H3. The molecule has 2 rings (SSSR count). The van der Waals surface area contributed by atoms with Crippen LogP contribution in [0, 0.1) is 13.8 Å². The molecule has 0 aliphatic heterocycles. The van der Waals surface area contributed by atoms with Gasteiger partial charge in [0.2, 0.25) is 0 Å². The Morgan fingerprint density at radius 1 is 1.33 bits per heavy atom. The summed E-state index contributed by atoms with van der Waals surface area (Å²) >= 11 is 6.32. The van der Waals surface area contributed by atoms with Gasteiger partial charge in [0, 0.05) is 13.6 Å². The van der Waals surface area contributed by atoms with Crippen molar-refractivity contribution in [1.29, 1.82) is 0 Å². The molecule has 0 atom stereocenters. The number of ether oxygens (including phenoxy) is 1. The Labute approximate surface area is 131 Å². The summed E-state index contributed by atoms with van der Waals surface area (Å²) in [4.78, 5) is 0. The Kier molecular flexibility index (Phi) is 5.26. The minimum absolute atomic E-state index is 0.619. The Hall–Kier alpha value is -1.52. The molecule has 4 nitrogen and oxygen atoms in total. The van der Waals surface area contributed by atoms with E-state index in [9.17, 15) is 0 Å². The lowest BCUT2D eigenvalue weighted by molar-refractivity contribution is 0.474. The van der Waals surface area contributed by atoms with E-state index in [1.54, 1.807) is 0 Å². The SMILES string of the molecule is CCCNCc1ccc(Oc2c(C)nn(C)c2C)c(Cl)c1. The minimum atomic E-state index is 0.619. The Morgan fingerprint density at radius 3 is 2.67 bits per heavy atom. The van der Waals surface area contributed by atoms with E-state index in [0.717, 1.165) is 42.2 Å². The molecule has 0 aliphatic carbocycles. The molecule has 0 amide bonds. The molecule has 114 valence electrons. The molecule has 0 spiro atoms. The summed E-state index contributed by atoms with van der Waals surface area (Å²) in [6.07, 6.45) is 1.12. The number of aromatic nitrogens is 2. The van der Waals surface area contributed by atoms with Crippen molar-refractivity contribution in [3.63, 3.8) is 0 Å². The maximum absolute atomic E-state index is 6.32. The van der Waals surface area contributed by atoms with Crippen LogP contribution in [0.3, 0.4) is 0 Å². The smallest absolute Gasteiger partial charge is 0.171 e. The van der Waals surface area contributed by atoms with Crippen LogP contribution < -0.4 is 10.1 Å². The first-order chi connectivity index (χ1) is 10.0. The molecule has 0 fully saturated rings. The average Bonchev–Trinajstić information content (AvgIpc) is 2.68. The summed E-state index contributed by atoms with van der Waals surface area (Å²) in [7, 11) is 1.90. The zero-order valence-corrected chi connectivity index (χ0v) is 13.8. The van der Waals surface area contributed by atoms with Crippen LogP contribution in [0.2, 0.25) is 5.02 Å². The van der Waals surface area contributed by atoms with Gasteiger partial charge in [0.15, 0.2) is 5.75 Å². The van der Waals surface area contributed by atoms with Crippen LogP contribution in [-0.4, -0.2) is 16.3 Å². The van der Waals surface area contributed by atoms with Crippen LogP contribution in [0.25, 0.3) is 0 Å². The van der Waals surface area contributed by atoms with Gasteiger partial charge in [-0.05, 0) is 44.5 Å². The molecule has 0 aliphatic rings. The summed E-state index contributed by atoms with van der Waals surface area (Å²) in [6, 6.07) is 5.89. The first-order valence-corrected chi connectivity index (χ1v) is 7.58. The van der Waals surface area contributed by atoms with E-state index in [0.29, 0.717) is 10.8 Å². The van der Waals surface area contributed by atoms with Gasteiger partial charge in [-0.25, -0.2) is 0 Å². The molecule has 0 unspecified atom stereocenters. The number of hydrogen-bond donors (Lipinski definition) is 1. The van der Waals surface area contributed by atoms with E-state index in [1.165, 1.54) is 0 Å². The molecule has 0 saturated heterocycles. The monoisotopic (exact) mass is 307 g/mol. The first kappa shape index (κ1) is 15.9. The highest BCUT2D eigenvalue weighted by atomic mass is 35.5. The van der Waals surface area contributed by atoms with Crippen LogP contribution in [0.1, 0.15) is 30.3 Å². The zero-order chi connectivity index (χ0) is 15.4. The summed E-state index contributed by atoms with van der Waals surface area (Å²) in [6.45, 7) is 7.88. The van der Waals surface area contributed by atoms with Gasteiger partial charge in [-0.15, -0.1) is 0 Å². The van der Waals surface area contributed by atoms with Gasteiger partial charge < -0.3 is 10.1 Å². The van der Waals surface area contributed by atoms with Crippen LogP contribution in [-0.2, 0) is 13.6 Å². The molecular formula is C16H22ClN3O. The fourth-order valence-corrected chi connectivity index (χ4v) is 2.40. The van der Waals surface area contributed by atoms with Gasteiger partial charge in [0.25, 0.3) is 0 Å². The molecule has 5 heteroatoms. The lowest BCUT2D eigenvalue weighted by atomic mass is 10.2. The van der Waals surface area contributed by atoms with E-state index in [4.69, 9.17) is 16.3 Å². The second-order valence-electron chi connectivity index (χ2n) is 5.17. The molecule has 0 saturated carbocycles. The van der Waals surface area contributed by atoms with E-state index in [1.807, 2.05) is 43.8 Å². The van der Waals surface area contributed by atoms with Crippen molar-refractivity contribution >= 4 is 11.6 Å². The molecule has 1 N–H and O–H groups in total. The Bertz CT molecular complexity index is 622. The lowest BCUT2D eigenvalue weighted by Gasteiger charge is -2.10. The number of nitrogens with zero attached hydrogens (tertiary/aromatic N) is 2. The molecule has 1 aromatic heterocycles. The van der Waals surface area contributed by atoms with Gasteiger partial charge in [-0.3, -0.25) is 4.68 Å². The van der Waals surface area contributed by atoms with Gasteiger partial charge >= 0.3 is 0 Å². The number of hydrogen-bond acceptors (Lipinski definition) is 3. The number of halogens is 1. The normalized spacial score (nSPS) is 10.9. The van der Waals surface area contributed by atoms with Gasteiger partial charge in [-0.2, -0.15) is 5.10 Å². The fourth-order valence-electron chi connectivity index (χ4n) is 2.16. The number of aryl methyl sites for hydroxylation is 2. The zero-order valence-electron chi connectivity index (χ0n) is 13.0. The second kappa shape index (κ2) is 6.96. The van der Waals surface area contributed by atoms with Crippen molar-refractivity contribution in [2.45, 2.75) is 33.7 Å². The van der Waals surface area contributed by atoms with Gasteiger partial charge in [0.1, 0.15) is 11.4 Å². The predicted molar refractivity (Wildman–Crippen MR) is 86.2 cm³/mol. The highest BCUT2D eigenvalue weighted by molar-refractivity contribution is 6.32. The average molecular weight is 308 g/mol. The van der Waals surface area contributed by atoms with E-state index in [2.05, 4.69) is 17.3 Å². The molecular weight excluding hydrogens is 286 g/mol. The number of nitrogens with one attached hydrogen (secondary N) is 1. The van der Waals surface area contributed by atoms with E-state index < -0.39 is 0 Å². The quantitative estimate of drug-likeness (QED) is 0.820. The highest BCUT2D eigenvalue weighted by Gasteiger charge is 2.13. The molecule has 1 heterocycles. The predicted octanol–water partition coefficient (Wildman–Crippen LogP) is 3.98. The highest BCUT2D eigenvalue weighted by Crippen LogP contribution is 2.33. The maximum atomic E-state index is 6.32. The lowest BCUT2D eigenvalue weighted by Crippen LogP contribution is -2.13. The van der Waals surface area contributed by atoms with Crippen LogP contribution in [0.15, 0.2) is 18.2 Å². The Morgan fingerprint density at radius 2 is 2.10 bits per heavy atom. The van der Waals surface area contributed by atoms with Crippen molar-refractivity contribution < 1.29 is 4.74 Å². The second-order valence-corrected chi connectivity index (χ2v) is 5.57. The summed E-state index contributed by atoms with van der Waals surface area (Å²) in [5, 5.41) is 8.32. The third-order valence-corrected chi connectivity index (χ3v) is 3.70. The molecule has 0 radical (unpaired) electrons. The number of benzene rings is 1. The van der Waals surface area contributed by atoms with Gasteiger partial charge in [0.05, 0.1) is 10.7 Å². The van der Waals surface area contributed by atoms with Crippen LogP contribution in [0.5, 0.6) is 11.5 Å². The van der Waals surface area contributed by atoms with E-state index in [-0.39, 0.29) is 0 Å². The molecule has 1 aromatic carbocycles. The number of rotatable bonds is 6. The molecule has 0 bridgehead atoms. The summed E-state index contributed by atoms with van der Waals surface area (Å²) in [5.41, 5.74) is 3.00. The topological polar surface area (TPSA) is 39.1 Å². The van der Waals surface area contributed by atoms with Crippen molar-refractivity contribution in [3.8, 4) is 11.5 Å². The van der Waals surface area contributed by atoms with Crippen molar-refractivity contribution in [3.05, 3.63) is 40.2 Å². The van der Waals surface area contributed by atoms with E-state index >= 15 is 0 Å². The maximum Gasteiger partial charge on any atom is 0.171 e. The summed E-state index contributed by atoms with van der Waals surface area (Å²) < 4.78 is 7.74. The van der Waals surface area contributed by atoms with Crippen molar-refractivity contribution in [2.75, 3.05) is 6.54 Å². The largest absolute Gasteiger partial charge is 0.452 e. The van der Waals surface area contributed by atoms with Crippen molar-refractivity contribution in [2.24, 2.45) is 7.05 Å². The first-order valence-electron chi connectivity index (χ1n) is 7.20. The third kappa shape index (κ3) is 3.77. The van der Waals surface area contributed by atoms with Gasteiger partial charge in [-0.1, -0.05) is 24.6 Å². The molecule has 21 heavy (non-hydrogen) atoms. The third-order valence-electron chi connectivity index (χ3n) is 3.41. The fraction of sp³-hybridized carbons (Fsp3) is 0.438.